The van der Waals surface area contributed by atoms with Crippen LogP contribution in [0.2, 0.25) is 0 Å². The second-order valence-corrected chi connectivity index (χ2v) is 8.34. The summed E-state index contributed by atoms with van der Waals surface area (Å²) in [6, 6.07) is 20.1. The number of para-hydroxylation sites is 4. The van der Waals surface area contributed by atoms with Gasteiger partial charge >= 0.3 is 0 Å². The number of benzene rings is 2. The third-order valence-corrected chi connectivity index (χ3v) is 6.09. The van der Waals surface area contributed by atoms with E-state index in [0.29, 0.717) is 24.2 Å². The third-order valence-electron chi connectivity index (χ3n) is 6.09. The Labute approximate surface area is 188 Å². The molecule has 0 bridgehead atoms. The number of pyridine rings is 1. The molecule has 0 atom stereocenters. The Morgan fingerprint density at radius 3 is 2.48 bits per heavy atom. The summed E-state index contributed by atoms with van der Waals surface area (Å²) in [6.07, 6.45) is 5.91. The summed E-state index contributed by atoms with van der Waals surface area (Å²) >= 11 is 0. The molecule has 6 aromatic rings. The van der Waals surface area contributed by atoms with E-state index in [1.807, 2.05) is 59.2 Å². The van der Waals surface area contributed by atoms with Gasteiger partial charge in [-0.25, -0.2) is 15.0 Å². The quantitative estimate of drug-likeness (QED) is 0.390. The highest BCUT2D eigenvalue weighted by Gasteiger charge is 2.30. The first kappa shape index (κ1) is 18.3. The zero-order chi connectivity index (χ0) is 21.8. The van der Waals surface area contributed by atoms with Gasteiger partial charge < -0.3 is 9.09 Å². The number of rotatable bonds is 5. The molecule has 2 aromatic carbocycles. The van der Waals surface area contributed by atoms with E-state index in [1.165, 1.54) is 12.8 Å². The van der Waals surface area contributed by atoms with E-state index in [1.54, 1.807) is 12.5 Å². The molecule has 0 spiro atoms. The van der Waals surface area contributed by atoms with Crippen molar-refractivity contribution in [1.29, 1.82) is 0 Å². The van der Waals surface area contributed by atoms with Crippen LogP contribution in [0.5, 0.6) is 0 Å². The van der Waals surface area contributed by atoms with Gasteiger partial charge in [-0.15, -0.1) is 0 Å². The van der Waals surface area contributed by atoms with Gasteiger partial charge in [0.05, 0.1) is 22.1 Å². The molecule has 0 aliphatic heterocycles. The molecule has 1 aliphatic rings. The van der Waals surface area contributed by atoms with Crippen LogP contribution in [0.25, 0.3) is 39.3 Å². The predicted octanol–water partition coefficient (Wildman–Crippen LogP) is 4.75. The molecular weight excluding hydrogens is 414 g/mol. The van der Waals surface area contributed by atoms with E-state index in [0.717, 1.165) is 39.3 Å². The molecule has 0 amide bonds. The first-order chi connectivity index (χ1) is 16.3. The van der Waals surface area contributed by atoms with Crippen molar-refractivity contribution in [2.75, 3.05) is 0 Å². The lowest BCUT2D eigenvalue weighted by Crippen LogP contribution is -2.04. The minimum atomic E-state index is 0.506. The van der Waals surface area contributed by atoms with Crippen molar-refractivity contribution in [3.8, 4) is 17.2 Å². The van der Waals surface area contributed by atoms with Crippen molar-refractivity contribution in [2.45, 2.75) is 25.3 Å². The molecule has 1 saturated carbocycles. The molecule has 1 fully saturated rings. The summed E-state index contributed by atoms with van der Waals surface area (Å²) in [6.45, 7) is 0.506. The molecular formula is C25H19N7O. The van der Waals surface area contributed by atoms with E-state index >= 15 is 0 Å². The minimum Gasteiger partial charge on any atom is -0.337 e. The maximum absolute atomic E-state index is 5.60. The lowest BCUT2D eigenvalue weighted by Gasteiger charge is -2.05. The first-order valence-corrected chi connectivity index (χ1v) is 11.0. The van der Waals surface area contributed by atoms with Gasteiger partial charge in [0.15, 0.2) is 0 Å². The van der Waals surface area contributed by atoms with Gasteiger partial charge in [0.1, 0.15) is 24.5 Å². The van der Waals surface area contributed by atoms with E-state index in [9.17, 15) is 0 Å². The van der Waals surface area contributed by atoms with Crippen LogP contribution < -0.4 is 0 Å². The molecule has 8 heteroatoms. The van der Waals surface area contributed by atoms with Crippen LogP contribution in [-0.2, 0) is 6.54 Å². The van der Waals surface area contributed by atoms with Crippen LogP contribution in [0.1, 0.15) is 30.5 Å². The molecule has 4 heterocycles. The number of nitrogens with zero attached hydrogens (tertiary/aromatic N) is 7. The highest BCUT2D eigenvalue weighted by molar-refractivity contribution is 5.77. The summed E-state index contributed by atoms with van der Waals surface area (Å²) in [5.41, 5.74) is 4.85. The Bertz CT molecular complexity index is 1610. The zero-order valence-corrected chi connectivity index (χ0v) is 17.7. The lowest BCUT2D eigenvalue weighted by atomic mass is 10.2. The van der Waals surface area contributed by atoms with Crippen LogP contribution in [0.3, 0.4) is 0 Å². The van der Waals surface area contributed by atoms with Gasteiger partial charge in [0, 0.05) is 17.7 Å². The van der Waals surface area contributed by atoms with Crippen molar-refractivity contribution in [3.63, 3.8) is 0 Å². The number of hydrogen-bond acceptors (Lipinski definition) is 6. The highest BCUT2D eigenvalue weighted by atomic mass is 16.5. The zero-order valence-electron chi connectivity index (χ0n) is 17.7. The van der Waals surface area contributed by atoms with Gasteiger partial charge in [-0.3, -0.25) is 4.57 Å². The number of imidazole rings is 2. The van der Waals surface area contributed by atoms with Crippen LogP contribution in [0.15, 0.2) is 77.7 Å². The average molecular weight is 433 g/mol. The van der Waals surface area contributed by atoms with Crippen molar-refractivity contribution in [2.24, 2.45) is 0 Å². The minimum absolute atomic E-state index is 0.506. The summed E-state index contributed by atoms with van der Waals surface area (Å²) in [5.74, 6) is 3.50. The molecule has 0 N–H and O–H groups in total. The van der Waals surface area contributed by atoms with E-state index in [2.05, 4.69) is 30.7 Å². The van der Waals surface area contributed by atoms with Crippen molar-refractivity contribution in [1.82, 2.24) is 34.2 Å². The topological polar surface area (TPSA) is 87.5 Å². The molecule has 7 rings (SSSR count). The molecule has 160 valence electrons. The average Bonchev–Trinajstić information content (AvgIpc) is 3.28. The van der Waals surface area contributed by atoms with Crippen LogP contribution >= 0.6 is 0 Å². The fourth-order valence-corrected chi connectivity index (χ4v) is 4.29. The van der Waals surface area contributed by atoms with Crippen molar-refractivity contribution >= 4 is 22.1 Å². The summed E-state index contributed by atoms with van der Waals surface area (Å²) in [7, 11) is 0. The Hall–Kier alpha value is -4.33. The maximum Gasteiger partial charge on any atom is 0.246 e. The van der Waals surface area contributed by atoms with Gasteiger partial charge in [-0.1, -0.05) is 29.4 Å². The summed E-state index contributed by atoms with van der Waals surface area (Å²) in [4.78, 5) is 18.5. The number of fused-ring (bicyclic) bond motifs is 2. The van der Waals surface area contributed by atoms with E-state index in [-0.39, 0.29) is 0 Å². The number of aromatic nitrogens is 7. The largest absolute Gasteiger partial charge is 0.337 e. The van der Waals surface area contributed by atoms with E-state index < -0.39 is 0 Å². The van der Waals surface area contributed by atoms with Crippen molar-refractivity contribution in [3.05, 3.63) is 84.9 Å². The second-order valence-electron chi connectivity index (χ2n) is 8.34. The molecule has 0 saturated heterocycles. The Kier molecular flexibility index (Phi) is 3.93. The Morgan fingerprint density at radius 1 is 0.848 bits per heavy atom. The fourth-order valence-electron chi connectivity index (χ4n) is 4.29. The van der Waals surface area contributed by atoms with Crippen molar-refractivity contribution < 1.29 is 4.52 Å². The standard InChI is InChI=1S/C25H19N7O/c1-3-7-20-18(5-1)27-15-32(20)22-12-11-17(13-26-22)24-29-23(33-30-24)14-31-21-8-4-2-6-19(21)28-25(31)16-9-10-16/h1-8,11-13,15-16H,9-10,14H2. The Balaban J connectivity index is 1.18. The van der Waals surface area contributed by atoms with Crippen LogP contribution in [0, 0.1) is 0 Å². The molecule has 8 nitrogen and oxygen atoms in total. The molecule has 1 aliphatic carbocycles. The maximum atomic E-state index is 5.60. The van der Waals surface area contributed by atoms with Gasteiger partial charge in [0.2, 0.25) is 11.7 Å². The summed E-state index contributed by atoms with van der Waals surface area (Å²) in [5, 5.41) is 4.20. The Morgan fingerprint density at radius 2 is 1.67 bits per heavy atom. The first-order valence-electron chi connectivity index (χ1n) is 11.0. The van der Waals surface area contributed by atoms with Gasteiger partial charge in [-0.05, 0) is 49.2 Å². The highest BCUT2D eigenvalue weighted by Crippen LogP contribution is 2.40. The summed E-state index contributed by atoms with van der Waals surface area (Å²) < 4.78 is 9.77. The molecule has 4 aromatic heterocycles. The van der Waals surface area contributed by atoms with Crippen LogP contribution in [0.4, 0.5) is 0 Å². The second kappa shape index (κ2) is 7.09. The monoisotopic (exact) mass is 433 g/mol. The van der Waals surface area contributed by atoms with Gasteiger partial charge in [-0.2, -0.15) is 4.98 Å². The predicted molar refractivity (Wildman–Crippen MR) is 123 cm³/mol. The van der Waals surface area contributed by atoms with Gasteiger partial charge in [0.25, 0.3) is 0 Å². The number of hydrogen-bond donors (Lipinski definition) is 0. The van der Waals surface area contributed by atoms with E-state index in [4.69, 9.17) is 9.51 Å². The normalized spacial score (nSPS) is 13.8. The smallest absolute Gasteiger partial charge is 0.246 e. The SMILES string of the molecule is c1ccc2c(c1)ncn2-c1ccc(-c2noc(Cn3c(C4CC4)nc4ccccc43)n2)cn1. The lowest BCUT2D eigenvalue weighted by molar-refractivity contribution is 0.371. The third kappa shape index (κ3) is 3.10. The molecule has 0 unspecified atom stereocenters. The van der Waals surface area contributed by atoms with Crippen LogP contribution in [-0.4, -0.2) is 34.2 Å². The fraction of sp³-hybridized carbons (Fsp3) is 0.160. The molecule has 0 radical (unpaired) electrons. The molecule has 33 heavy (non-hydrogen) atoms.